The fraction of sp³-hybridized carbons (Fsp3) is 0.250. The Morgan fingerprint density at radius 3 is 2.52 bits per heavy atom. The van der Waals surface area contributed by atoms with Crippen LogP contribution in [0.4, 0.5) is 10.1 Å². The lowest BCUT2D eigenvalue weighted by atomic mass is 10.3. The largest absolute Gasteiger partial charge is 0.497 e. The van der Waals surface area contributed by atoms with Crippen LogP contribution in [0, 0.1) is 10.1 Å². The van der Waals surface area contributed by atoms with Crippen LogP contribution in [0.5, 0.6) is 11.5 Å². The van der Waals surface area contributed by atoms with Gasteiger partial charge in [0.2, 0.25) is 15.2 Å². The Morgan fingerprint density at radius 2 is 1.96 bits per heavy atom. The van der Waals surface area contributed by atoms with Crippen LogP contribution < -0.4 is 14.2 Å². The molecule has 1 aromatic heterocycles. The molecular weight excluding hydrogens is 346 g/mol. The third kappa shape index (κ3) is 5.07. The summed E-state index contributed by atoms with van der Waals surface area (Å²) in [6.45, 7) is -0.0743. The van der Waals surface area contributed by atoms with Gasteiger partial charge >= 0.3 is 5.00 Å². The Morgan fingerprint density at radius 1 is 1.30 bits per heavy atom. The minimum Gasteiger partial charge on any atom is -0.497 e. The standard InChI is InChI=1S/C12H13N3O6S2/c1-20-9-2-4-10(5-3-9)21-6-7-23(18,19)14-12-13-8-11(22-12)15(16)17/h2-5,8H,6-7H2,1H3,(H,13,14). The van der Waals surface area contributed by atoms with E-state index < -0.39 is 14.9 Å². The third-order valence-electron chi connectivity index (χ3n) is 2.60. The fourth-order valence-electron chi connectivity index (χ4n) is 1.52. The van der Waals surface area contributed by atoms with Crippen molar-refractivity contribution in [2.75, 3.05) is 24.2 Å². The van der Waals surface area contributed by atoms with Gasteiger partial charge in [-0.05, 0) is 35.6 Å². The lowest BCUT2D eigenvalue weighted by Gasteiger charge is -2.08. The highest BCUT2D eigenvalue weighted by Crippen LogP contribution is 2.25. The summed E-state index contributed by atoms with van der Waals surface area (Å²) in [5.41, 5.74) is 0. The Hall–Kier alpha value is -2.40. The van der Waals surface area contributed by atoms with Gasteiger partial charge in [-0.3, -0.25) is 14.8 Å². The van der Waals surface area contributed by atoms with Gasteiger partial charge in [0, 0.05) is 0 Å². The smallest absolute Gasteiger partial charge is 0.345 e. The normalized spacial score (nSPS) is 11.0. The topological polar surface area (TPSA) is 121 Å². The molecule has 0 aliphatic heterocycles. The number of sulfonamides is 1. The van der Waals surface area contributed by atoms with Crippen LogP contribution in [0.2, 0.25) is 0 Å². The monoisotopic (exact) mass is 359 g/mol. The third-order valence-corrected chi connectivity index (χ3v) is 4.80. The van der Waals surface area contributed by atoms with E-state index in [4.69, 9.17) is 9.47 Å². The molecule has 0 saturated heterocycles. The van der Waals surface area contributed by atoms with E-state index in [-0.39, 0.29) is 22.5 Å². The van der Waals surface area contributed by atoms with E-state index in [1.807, 2.05) is 0 Å². The molecule has 1 aromatic carbocycles. The van der Waals surface area contributed by atoms with E-state index >= 15 is 0 Å². The first-order valence-corrected chi connectivity index (χ1v) is 8.74. The molecule has 0 atom stereocenters. The number of aromatic nitrogens is 1. The van der Waals surface area contributed by atoms with Gasteiger partial charge in [0.25, 0.3) is 0 Å². The van der Waals surface area contributed by atoms with Crippen molar-refractivity contribution >= 4 is 31.5 Å². The fourth-order valence-corrected chi connectivity index (χ4v) is 3.28. The maximum atomic E-state index is 11.9. The van der Waals surface area contributed by atoms with Gasteiger partial charge in [0.05, 0.1) is 12.0 Å². The van der Waals surface area contributed by atoms with Crippen molar-refractivity contribution < 1.29 is 22.8 Å². The second-order valence-corrected chi connectivity index (χ2v) is 7.06. The molecule has 1 heterocycles. The van der Waals surface area contributed by atoms with Crippen LogP contribution in [-0.2, 0) is 10.0 Å². The molecule has 2 aromatic rings. The molecule has 2 rings (SSSR count). The van der Waals surface area contributed by atoms with Crippen LogP contribution >= 0.6 is 11.3 Å². The van der Waals surface area contributed by atoms with Gasteiger partial charge in [0.15, 0.2) is 0 Å². The van der Waals surface area contributed by atoms with Crippen LogP contribution in [0.3, 0.4) is 0 Å². The molecule has 0 aliphatic rings. The van der Waals surface area contributed by atoms with Crippen molar-refractivity contribution in [2.24, 2.45) is 0 Å². The number of benzene rings is 1. The number of hydrogen-bond donors (Lipinski definition) is 1. The summed E-state index contributed by atoms with van der Waals surface area (Å²) in [5.74, 6) is 0.856. The Balaban J connectivity index is 1.86. The number of ether oxygens (including phenoxy) is 2. The van der Waals surface area contributed by atoms with E-state index in [0.29, 0.717) is 22.8 Å². The van der Waals surface area contributed by atoms with Crippen LogP contribution in [0.15, 0.2) is 30.5 Å². The lowest BCUT2D eigenvalue weighted by Crippen LogP contribution is -2.21. The SMILES string of the molecule is COc1ccc(OCCS(=O)(=O)Nc2ncc([N+](=O)[O-])s2)cc1. The highest BCUT2D eigenvalue weighted by Gasteiger charge is 2.17. The molecule has 1 N–H and O–H groups in total. The van der Waals surface area contributed by atoms with Crippen LogP contribution in [0.25, 0.3) is 0 Å². The van der Waals surface area contributed by atoms with E-state index in [1.54, 1.807) is 24.3 Å². The van der Waals surface area contributed by atoms with Crippen molar-refractivity contribution in [3.8, 4) is 11.5 Å². The predicted octanol–water partition coefficient (Wildman–Crippen LogP) is 1.88. The number of nitrogens with zero attached hydrogens (tertiary/aromatic N) is 2. The number of anilines is 1. The van der Waals surface area contributed by atoms with Gasteiger partial charge in [-0.2, -0.15) is 0 Å². The molecule has 23 heavy (non-hydrogen) atoms. The Kier molecular flexibility index (Phi) is 5.34. The average molecular weight is 359 g/mol. The quantitative estimate of drug-likeness (QED) is 0.564. The summed E-state index contributed by atoms with van der Waals surface area (Å²) in [6, 6.07) is 6.69. The summed E-state index contributed by atoms with van der Waals surface area (Å²) < 4.78 is 36.2. The van der Waals surface area contributed by atoms with E-state index in [9.17, 15) is 18.5 Å². The molecule has 0 aliphatic carbocycles. The summed E-state index contributed by atoms with van der Waals surface area (Å²) in [4.78, 5) is 13.5. The molecule has 0 radical (unpaired) electrons. The Bertz CT molecular complexity index is 772. The van der Waals surface area contributed by atoms with E-state index in [0.717, 1.165) is 6.20 Å². The zero-order valence-electron chi connectivity index (χ0n) is 12.0. The van der Waals surface area contributed by atoms with Crippen molar-refractivity contribution in [3.05, 3.63) is 40.6 Å². The molecule has 9 nitrogen and oxygen atoms in total. The highest BCUT2D eigenvalue weighted by molar-refractivity contribution is 7.92. The maximum absolute atomic E-state index is 11.9. The van der Waals surface area contributed by atoms with Gasteiger partial charge in [0.1, 0.15) is 30.1 Å². The lowest BCUT2D eigenvalue weighted by molar-refractivity contribution is -0.380. The molecule has 0 bridgehead atoms. The summed E-state index contributed by atoms with van der Waals surface area (Å²) >= 11 is 0.647. The maximum Gasteiger partial charge on any atom is 0.345 e. The first-order valence-electron chi connectivity index (χ1n) is 6.27. The number of rotatable bonds is 8. The minimum absolute atomic E-state index is 0.0545. The molecule has 0 saturated carbocycles. The first-order chi connectivity index (χ1) is 10.9. The second-order valence-electron chi connectivity index (χ2n) is 4.21. The average Bonchev–Trinajstić information content (AvgIpc) is 2.95. The van der Waals surface area contributed by atoms with Crippen molar-refractivity contribution in [3.63, 3.8) is 0 Å². The summed E-state index contributed by atoms with van der Waals surface area (Å²) in [7, 11) is -2.17. The zero-order chi connectivity index (χ0) is 16.9. The van der Waals surface area contributed by atoms with Gasteiger partial charge < -0.3 is 9.47 Å². The first kappa shape index (κ1) is 17.0. The molecular formula is C12H13N3O6S2. The van der Waals surface area contributed by atoms with Gasteiger partial charge in [-0.1, -0.05) is 0 Å². The highest BCUT2D eigenvalue weighted by atomic mass is 32.2. The second kappa shape index (κ2) is 7.24. The zero-order valence-corrected chi connectivity index (χ0v) is 13.6. The number of hydrogen-bond acceptors (Lipinski definition) is 8. The summed E-state index contributed by atoms with van der Waals surface area (Å²) in [6.07, 6.45) is 0.996. The predicted molar refractivity (Wildman–Crippen MR) is 84.7 cm³/mol. The van der Waals surface area contributed by atoms with Crippen molar-refractivity contribution in [1.29, 1.82) is 0 Å². The summed E-state index contributed by atoms with van der Waals surface area (Å²) in [5, 5.41) is 10.2. The van der Waals surface area contributed by atoms with E-state index in [1.165, 1.54) is 7.11 Å². The molecule has 0 fully saturated rings. The number of nitro groups is 1. The Labute approximate surface area is 136 Å². The minimum atomic E-state index is -3.70. The van der Waals surface area contributed by atoms with Crippen molar-refractivity contribution in [1.82, 2.24) is 4.98 Å². The van der Waals surface area contributed by atoms with Crippen LogP contribution in [0.1, 0.15) is 0 Å². The van der Waals surface area contributed by atoms with E-state index in [2.05, 4.69) is 9.71 Å². The molecule has 0 spiro atoms. The van der Waals surface area contributed by atoms with Gasteiger partial charge in [-0.15, -0.1) is 0 Å². The number of thiazole rings is 1. The molecule has 124 valence electrons. The molecule has 0 amide bonds. The molecule has 0 unspecified atom stereocenters. The van der Waals surface area contributed by atoms with Crippen molar-refractivity contribution in [2.45, 2.75) is 0 Å². The van der Waals surface area contributed by atoms with Crippen LogP contribution in [-0.4, -0.2) is 37.8 Å². The molecule has 11 heteroatoms. The number of methoxy groups -OCH3 is 1. The van der Waals surface area contributed by atoms with Gasteiger partial charge in [-0.25, -0.2) is 13.4 Å². The number of nitrogens with one attached hydrogen (secondary N) is 1.